The van der Waals surface area contributed by atoms with Crippen LogP contribution in [-0.2, 0) is 19.1 Å². The fourth-order valence-electron chi connectivity index (χ4n) is 4.20. The molecule has 2 heterocycles. The maximum Gasteiger partial charge on any atom is 0.243 e. The van der Waals surface area contributed by atoms with Crippen LogP contribution in [-0.4, -0.2) is 64.4 Å². The first-order valence-electron chi connectivity index (χ1n) is 12.8. The number of hydrogen-bond donors (Lipinski definition) is 3. The molecule has 3 rings (SSSR count). The van der Waals surface area contributed by atoms with Crippen molar-refractivity contribution < 1.29 is 23.5 Å². The first-order chi connectivity index (χ1) is 17.5. The molecule has 1 fully saturated rings. The number of ether oxygens (including phenoxy) is 1. The van der Waals surface area contributed by atoms with E-state index in [1.54, 1.807) is 17.9 Å². The monoisotopic (exact) mass is 515 g/mol. The molecule has 0 radical (unpaired) electrons. The molecule has 1 aromatic carbocycles. The molecular formula is C27H38FN5O4. The Morgan fingerprint density at radius 1 is 1.24 bits per heavy atom. The van der Waals surface area contributed by atoms with Crippen molar-refractivity contribution in [3.63, 3.8) is 0 Å². The summed E-state index contributed by atoms with van der Waals surface area (Å²) >= 11 is 0. The van der Waals surface area contributed by atoms with Crippen molar-refractivity contribution in [3.05, 3.63) is 41.6 Å². The number of morpholine rings is 1. The van der Waals surface area contributed by atoms with Crippen molar-refractivity contribution >= 4 is 17.7 Å². The highest BCUT2D eigenvalue weighted by Gasteiger charge is 2.31. The number of benzene rings is 1. The van der Waals surface area contributed by atoms with Crippen LogP contribution in [0.5, 0.6) is 0 Å². The van der Waals surface area contributed by atoms with E-state index in [-0.39, 0.29) is 36.5 Å². The van der Waals surface area contributed by atoms with Crippen LogP contribution in [0.25, 0.3) is 11.3 Å². The van der Waals surface area contributed by atoms with Crippen LogP contribution >= 0.6 is 0 Å². The number of aromatic nitrogens is 2. The zero-order valence-electron chi connectivity index (χ0n) is 22.3. The molecule has 0 unspecified atom stereocenters. The molecular weight excluding hydrogens is 477 g/mol. The first-order valence-corrected chi connectivity index (χ1v) is 12.8. The van der Waals surface area contributed by atoms with E-state index < -0.39 is 18.0 Å². The molecule has 3 atom stereocenters. The fraction of sp³-hybridized carbons (Fsp3) is 0.556. The quantitative estimate of drug-likeness (QED) is 0.449. The fourth-order valence-corrected chi connectivity index (χ4v) is 4.20. The van der Waals surface area contributed by atoms with Gasteiger partial charge in [-0.05, 0) is 50.8 Å². The number of hydrogen-bond acceptors (Lipinski definition) is 5. The Morgan fingerprint density at radius 2 is 2.00 bits per heavy atom. The van der Waals surface area contributed by atoms with Gasteiger partial charge in [0.1, 0.15) is 17.7 Å². The van der Waals surface area contributed by atoms with Gasteiger partial charge in [-0.25, -0.2) is 9.37 Å². The van der Waals surface area contributed by atoms with Gasteiger partial charge in [-0.3, -0.25) is 14.4 Å². The Morgan fingerprint density at radius 3 is 2.68 bits per heavy atom. The summed E-state index contributed by atoms with van der Waals surface area (Å²) in [4.78, 5) is 47.9. The van der Waals surface area contributed by atoms with Crippen molar-refractivity contribution in [1.29, 1.82) is 0 Å². The van der Waals surface area contributed by atoms with Crippen LogP contribution in [0.3, 0.4) is 0 Å². The molecule has 202 valence electrons. The van der Waals surface area contributed by atoms with Gasteiger partial charge in [-0.15, -0.1) is 0 Å². The summed E-state index contributed by atoms with van der Waals surface area (Å²) < 4.78 is 19.8. The van der Waals surface area contributed by atoms with Crippen molar-refractivity contribution in [1.82, 2.24) is 25.5 Å². The molecule has 10 heteroatoms. The summed E-state index contributed by atoms with van der Waals surface area (Å²) in [5, 5.41) is 5.59. The van der Waals surface area contributed by atoms with Crippen molar-refractivity contribution in [3.8, 4) is 11.3 Å². The Bertz CT molecular complexity index is 1100. The molecule has 9 nitrogen and oxygen atoms in total. The summed E-state index contributed by atoms with van der Waals surface area (Å²) in [6.45, 7) is 10.8. The van der Waals surface area contributed by atoms with E-state index in [4.69, 9.17) is 4.74 Å². The molecule has 2 aromatic rings. The normalized spacial score (nSPS) is 17.4. The molecule has 0 bridgehead atoms. The van der Waals surface area contributed by atoms with Gasteiger partial charge in [0.15, 0.2) is 0 Å². The maximum atomic E-state index is 14.4. The van der Waals surface area contributed by atoms with E-state index >= 15 is 0 Å². The van der Waals surface area contributed by atoms with Crippen molar-refractivity contribution in [2.45, 2.75) is 72.0 Å². The molecule has 1 aromatic heterocycles. The maximum absolute atomic E-state index is 14.4. The lowest BCUT2D eigenvalue weighted by Crippen LogP contribution is -2.53. The Labute approximate surface area is 217 Å². The smallest absolute Gasteiger partial charge is 0.243 e. The highest BCUT2D eigenvalue weighted by atomic mass is 19.1. The molecule has 37 heavy (non-hydrogen) atoms. The largest absolute Gasteiger partial charge is 0.377 e. The minimum Gasteiger partial charge on any atom is -0.377 e. The number of halogens is 1. The molecule has 1 aliphatic heterocycles. The van der Waals surface area contributed by atoms with Gasteiger partial charge in [-0.2, -0.15) is 0 Å². The molecule has 0 aliphatic carbocycles. The topological polar surface area (TPSA) is 116 Å². The predicted octanol–water partition coefficient (Wildman–Crippen LogP) is 3.26. The van der Waals surface area contributed by atoms with E-state index in [0.717, 1.165) is 5.56 Å². The highest BCUT2D eigenvalue weighted by molar-refractivity contribution is 5.92. The van der Waals surface area contributed by atoms with Gasteiger partial charge in [0.05, 0.1) is 43.6 Å². The highest BCUT2D eigenvalue weighted by Crippen LogP contribution is 2.23. The lowest BCUT2D eigenvalue weighted by atomic mass is 10.1. The number of amides is 3. The van der Waals surface area contributed by atoms with Crippen LogP contribution in [0.15, 0.2) is 24.4 Å². The second-order valence-electron chi connectivity index (χ2n) is 10.2. The van der Waals surface area contributed by atoms with Crippen LogP contribution in [0.4, 0.5) is 4.39 Å². The van der Waals surface area contributed by atoms with Crippen LogP contribution in [0, 0.1) is 18.7 Å². The number of H-pyrrole nitrogens is 1. The number of nitrogens with zero attached hydrogens (tertiary/aromatic N) is 2. The summed E-state index contributed by atoms with van der Waals surface area (Å²) in [6, 6.07) is 3.22. The minimum atomic E-state index is -1.03. The molecule has 0 saturated carbocycles. The standard InChI is InChI=1S/C27H38FN5O4/c1-16(2)6-9-24(34)31-22(13-25(35)33-10-11-37-15-18(33)4)27(36)30-19(5)26-29-14-23(32-26)20-8-7-17(3)12-21(20)28/h7-8,12,14,16,18-19,22H,6,9-11,13,15H2,1-5H3,(H,29,32)(H,30,36)(H,31,34)/t18-,19-,22-/m0/s1. The lowest BCUT2D eigenvalue weighted by Gasteiger charge is -2.34. The van der Waals surface area contributed by atoms with Gasteiger partial charge in [0.25, 0.3) is 0 Å². The zero-order chi connectivity index (χ0) is 27.1. The van der Waals surface area contributed by atoms with Crippen LogP contribution in [0.1, 0.15) is 64.4 Å². The average molecular weight is 516 g/mol. The first kappa shape index (κ1) is 28.3. The minimum absolute atomic E-state index is 0.107. The molecule has 3 amide bonds. The third-order valence-corrected chi connectivity index (χ3v) is 6.45. The predicted molar refractivity (Wildman–Crippen MR) is 138 cm³/mol. The van der Waals surface area contributed by atoms with Gasteiger partial charge >= 0.3 is 0 Å². The van der Waals surface area contributed by atoms with E-state index in [0.29, 0.717) is 49.2 Å². The van der Waals surface area contributed by atoms with Gasteiger partial charge in [0.2, 0.25) is 17.7 Å². The third kappa shape index (κ3) is 7.85. The molecule has 1 saturated heterocycles. The average Bonchev–Trinajstić information content (AvgIpc) is 3.32. The number of rotatable bonds is 10. The van der Waals surface area contributed by atoms with Gasteiger partial charge < -0.3 is 25.3 Å². The summed E-state index contributed by atoms with van der Waals surface area (Å²) in [7, 11) is 0. The molecule has 0 spiro atoms. The number of aromatic amines is 1. The van der Waals surface area contributed by atoms with E-state index in [1.165, 1.54) is 12.3 Å². The van der Waals surface area contributed by atoms with Gasteiger partial charge in [-0.1, -0.05) is 19.9 Å². The summed E-state index contributed by atoms with van der Waals surface area (Å²) in [5.41, 5.74) is 1.68. The van der Waals surface area contributed by atoms with Gasteiger partial charge in [0, 0.05) is 18.5 Å². The zero-order valence-corrected chi connectivity index (χ0v) is 22.3. The lowest BCUT2D eigenvalue weighted by molar-refractivity contribution is -0.142. The van der Waals surface area contributed by atoms with Crippen LogP contribution < -0.4 is 10.6 Å². The number of aryl methyl sites for hydroxylation is 1. The van der Waals surface area contributed by atoms with Crippen molar-refractivity contribution in [2.75, 3.05) is 19.8 Å². The number of nitrogens with one attached hydrogen (secondary N) is 3. The Hall–Kier alpha value is -3.27. The number of imidazole rings is 1. The second kappa shape index (κ2) is 12.8. The number of carbonyl (C=O) groups is 3. The summed E-state index contributed by atoms with van der Waals surface area (Å²) in [6.07, 6.45) is 2.30. The Balaban J connectivity index is 1.70. The van der Waals surface area contributed by atoms with E-state index in [1.807, 2.05) is 33.8 Å². The van der Waals surface area contributed by atoms with E-state index in [9.17, 15) is 18.8 Å². The van der Waals surface area contributed by atoms with E-state index in [2.05, 4.69) is 20.6 Å². The molecule has 1 aliphatic rings. The molecule has 3 N–H and O–H groups in total. The number of carbonyl (C=O) groups excluding carboxylic acids is 3. The second-order valence-corrected chi connectivity index (χ2v) is 10.2. The van der Waals surface area contributed by atoms with Crippen molar-refractivity contribution in [2.24, 2.45) is 5.92 Å². The van der Waals surface area contributed by atoms with Crippen LogP contribution in [0.2, 0.25) is 0 Å². The Kier molecular flexibility index (Phi) is 9.79. The SMILES string of the molecule is Cc1ccc(-c2cnc([C@H](C)NC(=O)[C@H](CC(=O)N3CCOC[C@@H]3C)NC(=O)CCC(C)C)[nH]2)c(F)c1. The third-order valence-electron chi connectivity index (χ3n) is 6.45. The summed E-state index contributed by atoms with van der Waals surface area (Å²) in [5.74, 6) is -0.588.